The molecule has 0 spiro atoms. The summed E-state index contributed by atoms with van der Waals surface area (Å²) in [6.45, 7) is 4.22. The number of rotatable bonds is 7. The number of nitrogens with zero attached hydrogens (tertiary/aromatic N) is 1. The summed E-state index contributed by atoms with van der Waals surface area (Å²) < 4.78 is 16.0. The second-order valence-electron chi connectivity index (χ2n) is 7.08. The van der Waals surface area contributed by atoms with Gasteiger partial charge in [-0.2, -0.15) is 0 Å². The normalized spacial score (nSPS) is 17.6. The maximum atomic E-state index is 13.3. The molecule has 6 nitrogen and oxygen atoms in total. The van der Waals surface area contributed by atoms with Gasteiger partial charge in [0.2, 0.25) is 5.41 Å². The summed E-state index contributed by atoms with van der Waals surface area (Å²) in [4.78, 5) is 31.3. The Labute approximate surface area is 176 Å². The second kappa shape index (κ2) is 9.57. The molecule has 1 unspecified atom stereocenters. The topological polar surface area (TPSA) is 74.2 Å². The molecule has 0 saturated heterocycles. The molecule has 6 heteroatoms. The van der Waals surface area contributed by atoms with Crippen LogP contribution < -0.4 is 4.74 Å². The van der Waals surface area contributed by atoms with Crippen molar-refractivity contribution in [3.05, 3.63) is 65.7 Å². The first-order valence-electron chi connectivity index (χ1n) is 10.2. The molecule has 0 aliphatic carbocycles. The number of esters is 2. The number of benzene rings is 2. The van der Waals surface area contributed by atoms with Gasteiger partial charge >= 0.3 is 11.9 Å². The van der Waals surface area contributed by atoms with E-state index in [2.05, 4.69) is 0 Å². The Morgan fingerprint density at radius 2 is 1.57 bits per heavy atom. The number of methoxy groups -OCH3 is 1. The van der Waals surface area contributed by atoms with Gasteiger partial charge in [-0.1, -0.05) is 42.5 Å². The van der Waals surface area contributed by atoms with Gasteiger partial charge in [0.25, 0.3) is 0 Å². The van der Waals surface area contributed by atoms with Crippen molar-refractivity contribution in [1.82, 2.24) is 0 Å². The maximum Gasteiger partial charge on any atom is 0.329 e. The fraction of sp³-hybridized carbons (Fsp3) is 0.375. The van der Waals surface area contributed by atoms with E-state index in [1.54, 1.807) is 21.0 Å². The Balaban J connectivity index is 2.12. The molecule has 0 bridgehead atoms. The van der Waals surface area contributed by atoms with Gasteiger partial charge in [-0.05, 0) is 43.5 Å². The predicted molar refractivity (Wildman–Crippen MR) is 114 cm³/mol. The molecule has 30 heavy (non-hydrogen) atoms. The SMILES string of the molecule is CCOC(=O)C1(C(=O)OCC)CC(c2ccc(OC)cc2)CN=C1c1ccccc1. The zero-order valence-electron chi connectivity index (χ0n) is 17.6. The van der Waals surface area contributed by atoms with Gasteiger partial charge in [-0.15, -0.1) is 0 Å². The summed E-state index contributed by atoms with van der Waals surface area (Å²) >= 11 is 0. The number of carbonyl (C=O) groups excluding carboxylic acids is 2. The second-order valence-corrected chi connectivity index (χ2v) is 7.08. The molecule has 0 saturated carbocycles. The monoisotopic (exact) mass is 409 g/mol. The molecule has 0 radical (unpaired) electrons. The van der Waals surface area contributed by atoms with Crippen LogP contribution in [0.15, 0.2) is 59.6 Å². The average Bonchev–Trinajstić information content (AvgIpc) is 2.79. The van der Waals surface area contributed by atoms with Gasteiger partial charge in [0.05, 0.1) is 26.0 Å². The highest BCUT2D eigenvalue weighted by Gasteiger charge is 2.56. The van der Waals surface area contributed by atoms with Crippen LogP contribution in [-0.4, -0.2) is 44.5 Å². The Morgan fingerprint density at radius 3 is 2.10 bits per heavy atom. The number of hydrogen-bond acceptors (Lipinski definition) is 6. The Kier molecular flexibility index (Phi) is 6.87. The highest BCUT2D eigenvalue weighted by molar-refractivity contribution is 6.27. The largest absolute Gasteiger partial charge is 0.497 e. The van der Waals surface area contributed by atoms with Crippen molar-refractivity contribution in [2.24, 2.45) is 10.4 Å². The van der Waals surface area contributed by atoms with Crippen molar-refractivity contribution < 1.29 is 23.8 Å². The van der Waals surface area contributed by atoms with E-state index in [-0.39, 0.29) is 25.6 Å². The fourth-order valence-electron chi connectivity index (χ4n) is 3.85. The molecule has 2 aromatic rings. The van der Waals surface area contributed by atoms with Crippen molar-refractivity contribution in [3.8, 4) is 5.75 Å². The Bertz CT molecular complexity index is 887. The average molecular weight is 409 g/mol. The van der Waals surface area contributed by atoms with Gasteiger partial charge in [0.15, 0.2) is 0 Å². The molecule has 0 aromatic heterocycles. The molecule has 3 rings (SSSR count). The van der Waals surface area contributed by atoms with E-state index in [0.29, 0.717) is 17.8 Å². The minimum Gasteiger partial charge on any atom is -0.497 e. The van der Waals surface area contributed by atoms with Crippen LogP contribution in [0.3, 0.4) is 0 Å². The molecule has 1 aliphatic heterocycles. The van der Waals surface area contributed by atoms with Crippen LogP contribution in [0.4, 0.5) is 0 Å². The summed E-state index contributed by atoms with van der Waals surface area (Å²) in [7, 11) is 1.61. The fourth-order valence-corrected chi connectivity index (χ4v) is 3.85. The van der Waals surface area contributed by atoms with Gasteiger partial charge in [0, 0.05) is 12.5 Å². The smallest absolute Gasteiger partial charge is 0.329 e. The van der Waals surface area contributed by atoms with Gasteiger partial charge in [0.1, 0.15) is 5.75 Å². The highest BCUT2D eigenvalue weighted by atomic mass is 16.6. The molecule has 0 N–H and O–H groups in total. The summed E-state index contributed by atoms with van der Waals surface area (Å²) in [5.41, 5.74) is 0.483. The van der Waals surface area contributed by atoms with Crippen molar-refractivity contribution >= 4 is 17.7 Å². The minimum absolute atomic E-state index is 0.141. The van der Waals surface area contributed by atoms with Crippen molar-refractivity contribution in [2.75, 3.05) is 26.9 Å². The van der Waals surface area contributed by atoms with E-state index < -0.39 is 17.4 Å². The molecular weight excluding hydrogens is 382 g/mol. The first-order valence-corrected chi connectivity index (χ1v) is 10.2. The molecule has 0 fully saturated rings. The minimum atomic E-state index is -1.61. The third-order valence-electron chi connectivity index (χ3n) is 5.31. The molecule has 158 valence electrons. The van der Waals surface area contributed by atoms with Gasteiger partial charge in [-0.3, -0.25) is 14.6 Å². The van der Waals surface area contributed by atoms with Crippen LogP contribution in [0.1, 0.15) is 37.3 Å². The standard InChI is InChI=1S/C24H27NO5/c1-4-29-22(26)24(23(27)30-5-2)15-19(17-11-13-20(28-3)14-12-17)16-25-21(24)18-9-7-6-8-10-18/h6-14,19H,4-5,15-16H2,1-3H3. The summed E-state index contributed by atoms with van der Waals surface area (Å²) in [6, 6.07) is 16.9. The van der Waals surface area contributed by atoms with Gasteiger partial charge in [-0.25, -0.2) is 0 Å². The van der Waals surface area contributed by atoms with Gasteiger partial charge < -0.3 is 14.2 Å². The zero-order chi connectivity index (χ0) is 21.6. The van der Waals surface area contributed by atoms with Crippen molar-refractivity contribution in [1.29, 1.82) is 0 Å². The van der Waals surface area contributed by atoms with E-state index in [1.165, 1.54) is 0 Å². The lowest BCUT2D eigenvalue weighted by atomic mass is 9.69. The van der Waals surface area contributed by atoms with E-state index in [1.807, 2.05) is 54.6 Å². The predicted octanol–water partition coefficient (Wildman–Crippen LogP) is 3.78. The zero-order valence-corrected chi connectivity index (χ0v) is 17.6. The number of hydrogen-bond donors (Lipinski definition) is 0. The maximum absolute atomic E-state index is 13.3. The van der Waals surface area contributed by atoms with Crippen LogP contribution in [-0.2, 0) is 19.1 Å². The van der Waals surface area contributed by atoms with Crippen molar-refractivity contribution in [2.45, 2.75) is 26.2 Å². The van der Waals surface area contributed by atoms with E-state index in [9.17, 15) is 9.59 Å². The lowest BCUT2D eigenvalue weighted by molar-refractivity contribution is -0.167. The molecule has 2 aromatic carbocycles. The summed E-state index contributed by atoms with van der Waals surface area (Å²) in [6.07, 6.45) is 0.227. The van der Waals surface area contributed by atoms with E-state index >= 15 is 0 Å². The van der Waals surface area contributed by atoms with Crippen LogP contribution in [0.25, 0.3) is 0 Å². The quantitative estimate of drug-likeness (QED) is 0.514. The van der Waals surface area contributed by atoms with Crippen LogP contribution in [0.5, 0.6) is 5.75 Å². The molecule has 1 atom stereocenters. The van der Waals surface area contributed by atoms with E-state index in [4.69, 9.17) is 19.2 Å². The third kappa shape index (κ3) is 4.08. The van der Waals surface area contributed by atoms with Crippen LogP contribution in [0.2, 0.25) is 0 Å². The lowest BCUT2D eigenvalue weighted by Crippen LogP contribution is -2.52. The molecular formula is C24H27NO5. The van der Waals surface area contributed by atoms with Crippen LogP contribution in [0, 0.1) is 5.41 Å². The summed E-state index contributed by atoms with van der Waals surface area (Å²) in [5, 5.41) is 0. The highest BCUT2D eigenvalue weighted by Crippen LogP contribution is 2.42. The first-order chi connectivity index (χ1) is 14.6. The molecule has 1 aliphatic rings. The number of ether oxygens (including phenoxy) is 3. The lowest BCUT2D eigenvalue weighted by Gasteiger charge is -2.37. The number of aliphatic imine (C=N–C) groups is 1. The Morgan fingerprint density at radius 1 is 0.967 bits per heavy atom. The number of carbonyl (C=O) groups is 2. The van der Waals surface area contributed by atoms with E-state index in [0.717, 1.165) is 11.3 Å². The third-order valence-corrected chi connectivity index (χ3v) is 5.31. The van der Waals surface area contributed by atoms with Crippen molar-refractivity contribution in [3.63, 3.8) is 0 Å². The summed E-state index contributed by atoms with van der Waals surface area (Å²) in [5.74, 6) is -0.643. The van der Waals surface area contributed by atoms with Crippen LogP contribution >= 0.6 is 0 Å². The molecule has 0 amide bonds. The Hall–Kier alpha value is -3.15. The molecule has 1 heterocycles. The first kappa shape index (κ1) is 21.6.